The molecule has 1 amide bonds. The summed E-state index contributed by atoms with van der Waals surface area (Å²) < 4.78 is 5.30. The Morgan fingerprint density at radius 2 is 2.36 bits per heavy atom. The predicted octanol–water partition coefficient (Wildman–Crippen LogP) is 2.36. The van der Waals surface area contributed by atoms with E-state index in [4.69, 9.17) is 4.42 Å². The van der Waals surface area contributed by atoms with E-state index in [2.05, 4.69) is 21.2 Å². The molecule has 0 aliphatic carbocycles. The molecule has 0 fully saturated rings. The zero-order chi connectivity index (χ0) is 10.4. The topological polar surface area (TPSA) is 42.2 Å². The highest BCUT2D eigenvalue weighted by molar-refractivity contribution is 9.09. The minimum absolute atomic E-state index is 0.134. The van der Waals surface area contributed by atoms with E-state index in [1.54, 1.807) is 6.07 Å². The zero-order valence-electron chi connectivity index (χ0n) is 8.18. The Bertz CT molecular complexity index is 296. The Hall–Kier alpha value is -0.770. The number of nitrogens with one attached hydrogen (secondary N) is 1. The number of carbonyl (C=O) groups excluding carboxylic acids is 1. The largest absolute Gasteiger partial charge is 0.456 e. The first-order valence-electron chi connectivity index (χ1n) is 4.70. The first-order chi connectivity index (χ1) is 6.77. The van der Waals surface area contributed by atoms with Crippen molar-refractivity contribution < 1.29 is 9.21 Å². The van der Waals surface area contributed by atoms with Gasteiger partial charge < -0.3 is 9.73 Å². The van der Waals surface area contributed by atoms with Gasteiger partial charge in [0.05, 0.1) is 0 Å². The Balaban J connectivity index is 2.44. The minimum Gasteiger partial charge on any atom is -0.456 e. The molecule has 1 aromatic rings. The van der Waals surface area contributed by atoms with Crippen molar-refractivity contribution in [2.45, 2.75) is 19.8 Å². The summed E-state index contributed by atoms with van der Waals surface area (Å²) in [4.78, 5) is 11.4. The Morgan fingerprint density at radius 3 is 2.93 bits per heavy atom. The number of amides is 1. The van der Waals surface area contributed by atoms with Gasteiger partial charge in [-0.15, -0.1) is 0 Å². The maximum atomic E-state index is 11.4. The molecule has 0 aliphatic heterocycles. The van der Waals surface area contributed by atoms with Crippen molar-refractivity contribution in [3.8, 4) is 0 Å². The van der Waals surface area contributed by atoms with Crippen molar-refractivity contribution in [3.05, 3.63) is 23.7 Å². The third-order valence-electron chi connectivity index (χ3n) is 1.83. The average Bonchev–Trinajstić information content (AvgIpc) is 2.66. The molecule has 0 saturated carbocycles. The van der Waals surface area contributed by atoms with Crippen LogP contribution in [0.25, 0.3) is 0 Å². The van der Waals surface area contributed by atoms with Gasteiger partial charge in [-0.3, -0.25) is 4.79 Å². The van der Waals surface area contributed by atoms with Crippen molar-refractivity contribution in [2.24, 2.45) is 0 Å². The van der Waals surface area contributed by atoms with Gasteiger partial charge in [-0.05, 0) is 18.6 Å². The van der Waals surface area contributed by atoms with Gasteiger partial charge in [0, 0.05) is 18.3 Å². The molecule has 0 radical (unpaired) electrons. The van der Waals surface area contributed by atoms with Crippen LogP contribution in [0.15, 0.2) is 16.5 Å². The normalized spacial score (nSPS) is 10.1. The van der Waals surface area contributed by atoms with Crippen LogP contribution in [-0.4, -0.2) is 17.8 Å². The number of rotatable bonds is 5. The smallest absolute Gasteiger partial charge is 0.286 e. The maximum Gasteiger partial charge on any atom is 0.286 e. The van der Waals surface area contributed by atoms with E-state index in [1.165, 1.54) is 0 Å². The fraction of sp³-hybridized carbons (Fsp3) is 0.500. The molecule has 78 valence electrons. The van der Waals surface area contributed by atoms with Crippen LogP contribution in [0.4, 0.5) is 0 Å². The van der Waals surface area contributed by atoms with Gasteiger partial charge in [-0.1, -0.05) is 22.9 Å². The monoisotopic (exact) mass is 259 g/mol. The molecule has 0 bridgehead atoms. The van der Waals surface area contributed by atoms with Crippen LogP contribution in [0, 0.1) is 0 Å². The molecule has 0 atom stereocenters. The molecule has 0 saturated heterocycles. The van der Waals surface area contributed by atoms with E-state index in [1.807, 2.05) is 13.0 Å². The minimum atomic E-state index is -0.134. The number of hydrogen-bond donors (Lipinski definition) is 1. The molecular weight excluding hydrogens is 246 g/mol. The van der Waals surface area contributed by atoms with E-state index in [-0.39, 0.29) is 5.91 Å². The van der Waals surface area contributed by atoms with Crippen LogP contribution in [0.3, 0.4) is 0 Å². The Morgan fingerprint density at radius 1 is 1.57 bits per heavy atom. The summed E-state index contributed by atoms with van der Waals surface area (Å²) in [7, 11) is 0. The number of aryl methyl sites for hydroxylation is 1. The quantitative estimate of drug-likeness (QED) is 0.652. The summed E-state index contributed by atoms with van der Waals surface area (Å²) >= 11 is 3.30. The molecule has 1 heterocycles. The third-order valence-corrected chi connectivity index (χ3v) is 2.39. The highest BCUT2D eigenvalue weighted by atomic mass is 79.9. The molecule has 0 unspecified atom stereocenters. The number of hydrogen-bond acceptors (Lipinski definition) is 2. The second kappa shape index (κ2) is 5.86. The van der Waals surface area contributed by atoms with E-state index in [0.717, 1.165) is 23.9 Å². The van der Waals surface area contributed by atoms with Gasteiger partial charge in [0.1, 0.15) is 5.76 Å². The third kappa shape index (κ3) is 3.18. The van der Waals surface area contributed by atoms with Gasteiger partial charge in [-0.25, -0.2) is 0 Å². The van der Waals surface area contributed by atoms with Crippen LogP contribution in [-0.2, 0) is 6.42 Å². The summed E-state index contributed by atoms with van der Waals surface area (Å²) in [6.07, 6.45) is 1.74. The van der Waals surface area contributed by atoms with Crippen LogP contribution < -0.4 is 5.32 Å². The second-order valence-electron chi connectivity index (χ2n) is 2.92. The van der Waals surface area contributed by atoms with Gasteiger partial charge in [-0.2, -0.15) is 0 Å². The number of halogens is 1. The van der Waals surface area contributed by atoms with Crippen LogP contribution in [0.1, 0.15) is 29.7 Å². The van der Waals surface area contributed by atoms with Gasteiger partial charge in [0.2, 0.25) is 0 Å². The summed E-state index contributed by atoms with van der Waals surface area (Å²) in [6, 6.07) is 3.54. The second-order valence-corrected chi connectivity index (χ2v) is 3.71. The molecule has 0 aliphatic rings. The van der Waals surface area contributed by atoms with Crippen molar-refractivity contribution in [1.29, 1.82) is 0 Å². The van der Waals surface area contributed by atoms with Crippen molar-refractivity contribution in [2.75, 3.05) is 11.9 Å². The lowest BCUT2D eigenvalue weighted by atomic mass is 10.3. The van der Waals surface area contributed by atoms with Crippen LogP contribution >= 0.6 is 15.9 Å². The highest BCUT2D eigenvalue weighted by Gasteiger charge is 2.08. The van der Waals surface area contributed by atoms with Gasteiger partial charge >= 0.3 is 0 Å². The molecule has 0 aromatic carbocycles. The number of furan rings is 1. The van der Waals surface area contributed by atoms with E-state index >= 15 is 0 Å². The van der Waals surface area contributed by atoms with Gasteiger partial charge in [0.15, 0.2) is 5.76 Å². The molecule has 4 heteroatoms. The maximum absolute atomic E-state index is 11.4. The standard InChI is InChI=1S/C10H14BrNO2/c1-2-8-4-5-9(14-8)10(13)12-7-3-6-11/h4-5H,2-3,6-7H2,1H3,(H,12,13). The number of carbonyl (C=O) groups is 1. The van der Waals surface area contributed by atoms with Crippen LogP contribution in [0.5, 0.6) is 0 Å². The molecule has 1 N–H and O–H groups in total. The summed E-state index contributed by atoms with van der Waals surface area (Å²) in [6.45, 7) is 2.66. The van der Waals surface area contributed by atoms with Crippen molar-refractivity contribution >= 4 is 21.8 Å². The van der Waals surface area contributed by atoms with E-state index < -0.39 is 0 Å². The zero-order valence-corrected chi connectivity index (χ0v) is 9.76. The summed E-state index contributed by atoms with van der Waals surface area (Å²) in [5.74, 6) is 1.11. The first-order valence-corrected chi connectivity index (χ1v) is 5.83. The lowest BCUT2D eigenvalue weighted by Crippen LogP contribution is -2.24. The fourth-order valence-corrected chi connectivity index (χ4v) is 1.33. The molecule has 1 rings (SSSR count). The molecule has 1 aromatic heterocycles. The Labute approximate surface area is 92.0 Å². The summed E-state index contributed by atoms with van der Waals surface area (Å²) in [5.41, 5.74) is 0. The lowest BCUT2D eigenvalue weighted by Gasteiger charge is -2.00. The highest BCUT2D eigenvalue weighted by Crippen LogP contribution is 2.07. The first kappa shape index (κ1) is 11.3. The van der Waals surface area contributed by atoms with Gasteiger partial charge in [0.25, 0.3) is 5.91 Å². The average molecular weight is 260 g/mol. The molecule has 14 heavy (non-hydrogen) atoms. The van der Waals surface area contributed by atoms with Crippen LogP contribution in [0.2, 0.25) is 0 Å². The van der Waals surface area contributed by atoms with E-state index in [0.29, 0.717) is 12.3 Å². The molecular formula is C10H14BrNO2. The lowest BCUT2D eigenvalue weighted by molar-refractivity contribution is 0.0924. The van der Waals surface area contributed by atoms with Crippen molar-refractivity contribution in [3.63, 3.8) is 0 Å². The van der Waals surface area contributed by atoms with E-state index in [9.17, 15) is 4.79 Å². The van der Waals surface area contributed by atoms with Crippen molar-refractivity contribution in [1.82, 2.24) is 5.32 Å². The summed E-state index contributed by atoms with van der Waals surface area (Å²) in [5, 5.41) is 3.67. The Kier molecular flexibility index (Phi) is 4.73. The predicted molar refractivity (Wildman–Crippen MR) is 58.8 cm³/mol. The SMILES string of the molecule is CCc1ccc(C(=O)NCCCBr)o1. The molecule has 3 nitrogen and oxygen atoms in total. The molecule has 0 spiro atoms. The number of alkyl halides is 1. The fourth-order valence-electron chi connectivity index (χ4n) is 1.05.